The number of rotatable bonds is 12. The highest BCUT2D eigenvalue weighted by Gasteiger charge is 2.10. The van der Waals surface area contributed by atoms with Crippen molar-refractivity contribution in [3.63, 3.8) is 0 Å². The number of methoxy groups -OCH3 is 1. The van der Waals surface area contributed by atoms with Gasteiger partial charge in [0.15, 0.2) is 0 Å². The van der Waals surface area contributed by atoms with Gasteiger partial charge in [-0.1, -0.05) is 13.8 Å². The monoisotopic (exact) mass is 297 g/mol. The third kappa shape index (κ3) is 6.73. The fourth-order valence-corrected chi connectivity index (χ4v) is 1.81. The molecule has 1 aromatic heterocycles. The quantitative estimate of drug-likeness (QED) is 0.597. The normalized spacial score (nSPS) is 10.6. The SMILES string of the molecule is CCCNc1ncnc(OCCCOCCOC)c1CC. The Morgan fingerprint density at radius 3 is 2.67 bits per heavy atom. The van der Waals surface area contributed by atoms with Crippen LogP contribution < -0.4 is 10.1 Å². The Morgan fingerprint density at radius 1 is 1.10 bits per heavy atom. The molecule has 6 heteroatoms. The van der Waals surface area contributed by atoms with Crippen LogP contribution in [0.25, 0.3) is 0 Å². The standard InChI is InChI=1S/C15H27N3O3/c1-4-7-16-14-13(5-2)15(18-12-17-14)21-9-6-8-20-11-10-19-3/h12H,4-11H2,1-3H3,(H,16,17,18). The number of hydrogen-bond donors (Lipinski definition) is 1. The van der Waals surface area contributed by atoms with Crippen molar-refractivity contribution in [2.75, 3.05) is 45.4 Å². The highest BCUT2D eigenvalue weighted by atomic mass is 16.5. The van der Waals surface area contributed by atoms with Crippen LogP contribution in [0.15, 0.2) is 6.33 Å². The molecule has 6 nitrogen and oxygen atoms in total. The topological polar surface area (TPSA) is 65.5 Å². The van der Waals surface area contributed by atoms with Crippen molar-refractivity contribution < 1.29 is 14.2 Å². The Morgan fingerprint density at radius 2 is 1.95 bits per heavy atom. The number of anilines is 1. The summed E-state index contributed by atoms with van der Waals surface area (Å²) in [6, 6.07) is 0. The third-order valence-corrected chi connectivity index (χ3v) is 2.91. The molecule has 1 N–H and O–H groups in total. The first-order valence-electron chi connectivity index (χ1n) is 7.60. The van der Waals surface area contributed by atoms with Crippen molar-refractivity contribution in [2.24, 2.45) is 0 Å². The van der Waals surface area contributed by atoms with Crippen molar-refractivity contribution in [3.8, 4) is 5.88 Å². The summed E-state index contributed by atoms with van der Waals surface area (Å²) in [5.41, 5.74) is 1.03. The van der Waals surface area contributed by atoms with Crippen LogP contribution in [0.5, 0.6) is 5.88 Å². The average Bonchev–Trinajstić information content (AvgIpc) is 2.52. The van der Waals surface area contributed by atoms with Gasteiger partial charge in [-0.25, -0.2) is 9.97 Å². The van der Waals surface area contributed by atoms with Gasteiger partial charge in [-0.15, -0.1) is 0 Å². The van der Waals surface area contributed by atoms with Gasteiger partial charge >= 0.3 is 0 Å². The molecular weight excluding hydrogens is 270 g/mol. The van der Waals surface area contributed by atoms with E-state index in [0.717, 1.165) is 37.2 Å². The average molecular weight is 297 g/mol. The van der Waals surface area contributed by atoms with Gasteiger partial charge in [0, 0.05) is 26.7 Å². The molecule has 0 saturated carbocycles. The third-order valence-electron chi connectivity index (χ3n) is 2.91. The summed E-state index contributed by atoms with van der Waals surface area (Å²) in [6.07, 6.45) is 4.27. The maximum absolute atomic E-state index is 5.75. The number of hydrogen-bond acceptors (Lipinski definition) is 6. The highest BCUT2D eigenvalue weighted by molar-refractivity contribution is 5.48. The summed E-state index contributed by atoms with van der Waals surface area (Å²) >= 11 is 0. The Hall–Kier alpha value is -1.40. The van der Waals surface area contributed by atoms with Gasteiger partial charge in [-0.2, -0.15) is 0 Å². The largest absolute Gasteiger partial charge is 0.477 e. The first kappa shape index (κ1) is 17.7. The van der Waals surface area contributed by atoms with E-state index in [-0.39, 0.29) is 0 Å². The van der Waals surface area contributed by atoms with Crippen molar-refractivity contribution in [1.29, 1.82) is 0 Å². The van der Waals surface area contributed by atoms with Gasteiger partial charge in [-0.3, -0.25) is 0 Å². The first-order valence-corrected chi connectivity index (χ1v) is 7.60. The summed E-state index contributed by atoms with van der Waals surface area (Å²) < 4.78 is 16.1. The Balaban J connectivity index is 2.39. The minimum atomic E-state index is 0.588. The summed E-state index contributed by atoms with van der Waals surface area (Å²) in [6.45, 7) is 7.60. The van der Waals surface area contributed by atoms with Crippen LogP contribution in [0.1, 0.15) is 32.3 Å². The van der Waals surface area contributed by atoms with E-state index in [1.165, 1.54) is 0 Å². The van der Waals surface area contributed by atoms with Crippen LogP contribution in [0, 0.1) is 0 Å². The van der Waals surface area contributed by atoms with Crippen LogP contribution in [-0.4, -0.2) is 50.1 Å². The zero-order chi connectivity index (χ0) is 15.3. The van der Waals surface area contributed by atoms with E-state index in [4.69, 9.17) is 14.2 Å². The Labute approximate surface area is 127 Å². The lowest BCUT2D eigenvalue weighted by Gasteiger charge is -2.13. The zero-order valence-corrected chi connectivity index (χ0v) is 13.4. The van der Waals surface area contributed by atoms with Gasteiger partial charge in [0.05, 0.1) is 25.4 Å². The second-order valence-electron chi connectivity index (χ2n) is 4.59. The zero-order valence-electron chi connectivity index (χ0n) is 13.4. The molecule has 0 aliphatic heterocycles. The molecule has 0 fully saturated rings. The molecule has 1 rings (SSSR count). The van der Waals surface area contributed by atoms with E-state index in [0.29, 0.717) is 32.3 Å². The molecule has 0 bridgehead atoms. The fourth-order valence-electron chi connectivity index (χ4n) is 1.81. The molecule has 1 aromatic rings. The number of aromatic nitrogens is 2. The van der Waals surface area contributed by atoms with Gasteiger partial charge < -0.3 is 19.5 Å². The van der Waals surface area contributed by atoms with Gasteiger partial charge in [0.25, 0.3) is 0 Å². The van der Waals surface area contributed by atoms with E-state index in [1.54, 1.807) is 13.4 Å². The smallest absolute Gasteiger partial charge is 0.221 e. The molecule has 0 aliphatic rings. The van der Waals surface area contributed by atoms with E-state index in [1.807, 2.05) is 0 Å². The Kier molecular flexibility index (Phi) is 9.48. The molecule has 0 unspecified atom stereocenters. The molecular formula is C15H27N3O3. The van der Waals surface area contributed by atoms with Crippen molar-refractivity contribution in [1.82, 2.24) is 9.97 Å². The lowest BCUT2D eigenvalue weighted by atomic mass is 10.2. The lowest BCUT2D eigenvalue weighted by molar-refractivity contribution is 0.0641. The van der Waals surface area contributed by atoms with Crippen LogP contribution in [0.2, 0.25) is 0 Å². The summed E-state index contributed by atoms with van der Waals surface area (Å²) in [5, 5.41) is 3.31. The summed E-state index contributed by atoms with van der Waals surface area (Å²) in [7, 11) is 1.66. The molecule has 21 heavy (non-hydrogen) atoms. The van der Waals surface area contributed by atoms with E-state index < -0.39 is 0 Å². The second-order valence-corrected chi connectivity index (χ2v) is 4.59. The molecule has 0 saturated heterocycles. The van der Waals surface area contributed by atoms with Crippen molar-refractivity contribution in [3.05, 3.63) is 11.9 Å². The molecule has 0 radical (unpaired) electrons. The number of ether oxygens (including phenoxy) is 3. The van der Waals surface area contributed by atoms with E-state index >= 15 is 0 Å². The predicted octanol–water partition coefficient (Wildman–Crippen LogP) is 2.29. The first-order chi connectivity index (χ1) is 10.3. The van der Waals surface area contributed by atoms with Crippen molar-refractivity contribution in [2.45, 2.75) is 33.1 Å². The Bertz CT molecular complexity index is 388. The van der Waals surface area contributed by atoms with Crippen molar-refractivity contribution >= 4 is 5.82 Å². The minimum Gasteiger partial charge on any atom is -0.477 e. The lowest BCUT2D eigenvalue weighted by Crippen LogP contribution is -2.10. The minimum absolute atomic E-state index is 0.588. The predicted molar refractivity (Wildman–Crippen MR) is 83.0 cm³/mol. The molecule has 0 aromatic carbocycles. The van der Waals surface area contributed by atoms with Crippen LogP contribution in [-0.2, 0) is 15.9 Å². The van der Waals surface area contributed by atoms with E-state index in [9.17, 15) is 0 Å². The van der Waals surface area contributed by atoms with Crippen LogP contribution >= 0.6 is 0 Å². The molecule has 0 atom stereocenters. The van der Waals surface area contributed by atoms with E-state index in [2.05, 4.69) is 29.1 Å². The molecule has 120 valence electrons. The number of nitrogens with one attached hydrogen (secondary N) is 1. The van der Waals surface area contributed by atoms with Crippen LogP contribution in [0.4, 0.5) is 5.82 Å². The molecule has 0 amide bonds. The summed E-state index contributed by atoms with van der Waals surface area (Å²) in [4.78, 5) is 8.52. The highest BCUT2D eigenvalue weighted by Crippen LogP contribution is 2.22. The van der Waals surface area contributed by atoms with Crippen LogP contribution in [0.3, 0.4) is 0 Å². The molecule has 1 heterocycles. The molecule has 0 aliphatic carbocycles. The molecule has 0 spiro atoms. The second kappa shape index (κ2) is 11.3. The van der Waals surface area contributed by atoms with Gasteiger partial charge in [0.2, 0.25) is 5.88 Å². The van der Waals surface area contributed by atoms with Gasteiger partial charge in [-0.05, 0) is 12.8 Å². The number of nitrogens with zero attached hydrogens (tertiary/aromatic N) is 2. The maximum Gasteiger partial charge on any atom is 0.221 e. The summed E-state index contributed by atoms with van der Waals surface area (Å²) in [5.74, 6) is 1.55. The fraction of sp³-hybridized carbons (Fsp3) is 0.733. The van der Waals surface area contributed by atoms with Gasteiger partial charge in [0.1, 0.15) is 12.1 Å². The maximum atomic E-state index is 5.75.